The van der Waals surface area contributed by atoms with E-state index in [0.717, 1.165) is 16.9 Å². The van der Waals surface area contributed by atoms with Gasteiger partial charge in [-0.3, -0.25) is 0 Å². The van der Waals surface area contributed by atoms with Crippen LogP contribution in [-0.4, -0.2) is 12.2 Å². The third kappa shape index (κ3) is 3.28. The van der Waals surface area contributed by atoms with Crippen molar-refractivity contribution >= 4 is 0 Å². The summed E-state index contributed by atoms with van der Waals surface area (Å²) < 4.78 is 10.9. The minimum absolute atomic E-state index is 0.0250. The number of hydrogen-bond acceptors (Lipinski definition) is 4. The van der Waals surface area contributed by atoms with Gasteiger partial charge in [0.15, 0.2) is 0 Å². The number of phenolic OH excluding ortho intramolecular Hbond substituents is 1. The lowest BCUT2D eigenvalue weighted by atomic mass is 9.94. The molecule has 0 bridgehead atoms. The molecule has 28 heavy (non-hydrogen) atoms. The van der Waals surface area contributed by atoms with Gasteiger partial charge in [-0.2, -0.15) is 0 Å². The molecule has 4 rings (SSSR count). The standard InChI is InChI=1S/C24H18O4/c1-27-18-13-11-16(12-14-18)20-15-22(17-7-3-2-4-8-17)28-24(26)23(20)19-9-5-6-10-21(19)25/h2-15,25H,1H3. The summed E-state index contributed by atoms with van der Waals surface area (Å²) >= 11 is 0. The number of hydrogen-bond donors (Lipinski definition) is 1. The number of phenols is 1. The SMILES string of the molecule is COc1ccc(-c2cc(-c3ccccc3)oc(=O)c2-c2ccccc2O)cc1. The Morgan fingerprint density at radius 3 is 2.14 bits per heavy atom. The summed E-state index contributed by atoms with van der Waals surface area (Å²) in [5.41, 5.74) is 2.56. The lowest BCUT2D eigenvalue weighted by molar-refractivity contribution is 0.415. The molecule has 0 fully saturated rings. The van der Waals surface area contributed by atoms with Gasteiger partial charge in [0.25, 0.3) is 0 Å². The van der Waals surface area contributed by atoms with Crippen molar-refractivity contribution in [3.05, 3.63) is 95.3 Å². The average molecular weight is 370 g/mol. The second kappa shape index (κ2) is 7.45. The van der Waals surface area contributed by atoms with Crippen LogP contribution in [0.1, 0.15) is 0 Å². The molecule has 0 spiro atoms. The fraction of sp³-hybridized carbons (Fsp3) is 0.0417. The number of benzene rings is 3. The largest absolute Gasteiger partial charge is 0.507 e. The molecule has 1 N–H and O–H groups in total. The van der Waals surface area contributed by atoms with Crippen LogP contribution in [0.15, 0.2) is 94.1 Å². The van der Waals surface area contributed by atoms with Crippen molar-refractivity contribution in [2.75, 3.05) is 7.11 Å². The number of ether oxygens (including phenoxy) is 1. The zero-order chi connectivity index (χ0) is 19.5. The average Bonchev–Trinajstić information content (AvgIpc) is 2.75. The van der Waals surface area contributed by atoms with Gasteiger partial charge in [0.1, 0.15) is 17.3 Å². The zero-order valence-corrected chi connectivity index (χ0v) is 15.3. The third-order valence-electron chi connectivity index (χ3n) is 4.58. The van der Waals surface area contributed by atoms with Crippen LogP contribution in [0.25, 0.3) is 33.6 Å². The molecular formula is C24H18O4. The summed E-state index contributed by atoms with van der Waals surface area (Å²) in [4.78, 5) is 13.0. The second-order valence-electron chi connectivity index (χ2n) is 6.30. The molecule has 4 aromatic rings. The van der Waals surface area contributed by atoms with E-state index in [4.69, 9.17) is 9.15 Å². The van der Waals surface area contributed by atoms with Gasteiger partial charge in [0, 0.05) is 16.7 Å². The summed E-state index contributed by atoms with van der Waals surface area (Å²) in [6.07, 6.45) is 0. The van der Waals surface area contributed by atoms with Crippen LogP contribution >= 0.6 is 0 Å². The van der Waals surface area contributed by atoms with Gasteiger partial charge in [0.05, 0.1) is 12.7 Å². The highest BCUT2D eigenvalue weighted by atomic mass is 16.5. The van der Waals surface area contributed by atoms with E-state index in [1.807, 2.05) is 60.7 Å². The van der Waals surface area contributed by atoms with Gasteiger partial charge in [-0.25, -0.2) is 4.79 Å². The van der Waals surface area contributed by atoms with Crippen LogP contribution in [0.2, 0.25) is 0 Å². The highest BCUT2D eigenvalue weighted by Crippen LogP contribution is 2.37. The zero-order valence-electron chi connectivity index (χ0n) is 15.3. The van der Waals surface area contributed by atoms with Crippen molar-refractivity contribution in [1.29, 1.82) is 0 Å². The molecule has 0 aliphatic carbocycles. The van der Waals surface area contributed by atoms with Crippen LogP contribution in [0, 0.1) is 0 Å². The first kappa shape index (κ1) is 17.6. The highest BCUT2D eigenvalue weighted by molar-refractivity contribution is 5.87. The van der Waals surface area contributed by atoms with Crippen molar-refractivity contribution in [2.24, 2.45) is 0 Å². The van der Waals surface area contributed by atoms with Gasteiger partial charge in [-0.05, 0) is 29.8 Å². The van der Waals surface area contributed by atoms with Crippen LogP contribution in [0.4, 0.5) is 0 Å². The Balaban J connectivity index is 2.00. The van der Waals surface area contributed by atoms with E-state index in [1.165, 1.54) is 0 Å². The second-order valence-corrected chi connectivity index (χ2v) is 6.30. The lowest BCUT2D eigenvalue weighted by Crippen LogP contribution is -2.06. The Bertz CT molecular complexity index is 1160. The first-order valence-electron chi connectivity index (χ1n) is 8.84. The molecule has 0 radical (unpaired) electrons. The van der Waals surface area contributed by atoms with E-state index < -0.39 is 5.63 Å². The van der Waals surface area contributed by atoms with E-state index in [1.54, 1.807) is 31.4 Å². The summed E-state index contributed by atoms with van der Waals surface area (Å²) in [5, 5.41) is 10.3. The number of methoxy groups -OCH3 is 1. The Kier molecular flexibility index (Phi) is 4.68. The molecule has 4 heteroatoms. The molecule has 0 unspecified atom stereocenters. The predicted molar refractivity (Wildman–Crippen MR) is 110 cm³/mol. The van der Waals surface area contributed by atoms with Crippen molar-refractivity contribution < 1.29 is 14.3 Å². The Labute approximate surface area is 162 Å². The number of para-hydroxylation sites is 1. The molecule has 4 nitrogen and oxygen atoms in total. The molecule has 0 aliphatic heterocycles. The molecule has 0 atom stereocenters. The molecule has 1 aromatic heterocycles. The van der Waals surface area contributed by atoms with Crippen LogP contribution in [0.5, 0.6) is 11.5 Å². The normalized spacial score (nSPS) is 10.6. The Morgan fingerprint density at radius 2 is 1.46 bits per heavy atom. The van der Waals surface area contributed by atoms with E-state index in [2.05, 4.69) is 0 Å². The minimum atomic E-state index is -0.506. The molecule has 0 amide bonds. The maximum Gasteiger partial charge on any atom is 0.344 e. The Morgan fingerprint density at radius 1 is 0.786 bits per heavy atom. The molecular weight excluding hydrogens is 352 g/mol. The van der Waals surface area contributed by atoms with E-state index in [9.17, 15) is 9.90 Å². The number of rotatable bonds is 4. The molecule has 0 aliphatic rings. The van der Waals surface area contributed by atoms with E-state index >= 15 is 0 Å². The topological polar surface area (TPSA) is 59.7 Å². The van der Waals surface area contributed by atoms with Gasteiger partial charge in [-0.1, -0.05) is 60.7 Å². The fourth-order valence-corrected chi connectivity index (χ4v) is 3.18. The van der Waals surface area contributed by atoms with E-state index in [-0.39, 0.29) is 5.75 Å². The smallest absolute Gasteiger partial charge is 0.344 e. The third-order valence-corrected chi connectivity index (χ3v) is 4.58. The summed E-state index contributed by atoms with van der Waals surface area (Å²) in [6, 6.07) is 25.5. The number of aromatic hydroxyl groups is 1. The molecule has 0 saturated carbocycles. The van der Waals surface area contributed by atoms with Crippen LogP contribution < -0.4 is 10.4 Å². The van der Waals surface area contributed by atoms with Crippen molar-refractivity contribution in [3.8, 4) is 45.1 Å². The van der Waals surface area contributed by atoms with Crippen molar-refractivity contribution in [2.45, 2.75) is 0 Å². The van der Waals surface area contributed by atoms with Gasteiger partial charge in [-0.15, -0.1) is 0 Å². The summed E-state index contributed by atoms with van der Waals surface area (Å²) in [5.74, 6) is 1.21. The molecule has 0 saturated heterocycles. The fourth-order valence-electron chi connectivity index (χ4n) is 3.18. The quantitative estimate of drug-likeness (QED) is 0.526. The van der Waals surface area contributed by atoms with E-state index in [0.29, 0.717) is 22.5 Å². The van der Waals surface area contributed by atoms with Crippen molar-refractivity contribution in [3.63, 3.8) is 0 Å². The summed E-state index contributed by atoms with van der Waals surface area (Å²) in [7, 11) is 1.60. The lowest BCUT2D eigenvalue weighted by Gasteiger charge is -2.12. The van der Waals surface area contributed by atoms with Crippen LogP contribution in [-0.2, 0) is 0 Å². The van der Waals surface area contributed by atoms with Gasteiger partial charge in [0.2, 0.25) is 0 Å². The predicted octanol–water partition coefficient (Wildman–Crippen LogP) is 5.36. The first-order chi connectivity index (χ1) is 13.7. The Hall–Kier alpha value is -3.79. The highest BCUT2D eigenvalue weighted by Gasteiger charge is 2.18. The molecule has 1 heterocycles. The van der Waals surface area contributed by atoms with Gasteiger partial charge >= 0.3 is 5.63 Å². The summed E-state index contributed by atoms with van der Waals surface area (Å²) in [6.45, 7) is 0. The monoisotopic (exact) mass is 370 g/mol. The minimum Gasteiger partial charge on any atom is -0.507 e. The molecule has 138 valence electrons. The maximum absolute atomic E-state index is 13.0. The van der Waals surface area contributed by atoms with Crippen molar-refractivity contribution in [1.82, 2.24) is 0 Å². The molecule has 3 aromatic carbocycles. The maximum atomic E-state index is 13.0. The van der Waals surface area contributed by atoms with Gasteiger partial charge < -0.3 is 14.3 Å². The van der Waals surface area contributed by atoms with Crippen LogP contribution in [0.3, 0.4) is 0 Å². The first-order valence-corrected chi connectivity index (χ1v) is 8.84.